The van der Waals surface area contributed by atoms with Crippen molar-refractivity contribution in [2.45, 2.75) is 33.9 Å². The highest BCUT2D eigenvalue weighted by atomic mass is 16.5. The van der Waals surface area contributed by atoms with Crippen molar-refractivity contribution in [3.8, 4) is 11.4 Å². The number of rotatable bonds is 7. The number of pyridine rings is 1. The van der Waals surface area contributed by atoms with Crippen LogP contribution in [0.5, 0.6) is 0 Å². The molecule has 0 aliphatic heterocycles. The van der Waals surface area contributed by atoms with Gasteiger partial charge < -0.3 is 15.0 Å². The van der Waals surface area contributed by atoms with Crippen molar-refractivity contribution in [2.75, 3.05) is 7.11 Å². The van der Waals surface area contributed by atoms with Gasteiger partial charge in [0.2, 0.25) is 5.82 Å². The number of aromatic amines is 1. The lowest BCUT2D eigenvalue weighted by Gasteiger charge is -2.07. The Morgan fingerprint density at radius 2 is 2.00 bits per heavy atom. The molecular weight excluding hydrogens is 422 g/mol. The highest BCUT2D eigenvalue weighted by Crippen LogP contribution is 2.19. The summed E-state index contributed by atoms with van der Waals surface area (Å²) in [5.41, 5.74) is 3.68. The number of carbonyl (C=O) groups is 2. The number of carbonyl (C=O) groups excluding carboxylic acids is 2. The molecule has 10 heteroatoms. The quantitative estimate of drug-likeness (QED) is 0.417. The lowest BCUT2D eigenvalue weighted by Crippen LogP contribution is -2.24. The second-order valence-corrected chi connectivity index (χ2v) is 8.22. The summed E-state index contributed by atoms with van der Waals surface area (Å²) in [6, 6.07) is 10.9. The van der Waals surface area contributed by atoms with Crippen LogP contribution in [0.15, 0.2) is 36.4 Å². The molecule has 2 N–H and O–H groups in total. The molecule has 4 aromatic rings. The number of tetrazole rings is 1. The normalized spacial score (nSPS) is 11.2. The van der Waals surface area contributed by atoms with E-state index in [-0.39, 0.29) is 11.6 Å². The third-order valence-corrected chi connectivity index (χ3v) is 4.97. The molecule has 33 heavy (non-hydrogen) atoms. The molecule has 1 aromatic carbocycles. The molecule has 0 unspecified atom stereocenters. The number of nitrogens with one attached hydrogen (secondary N) is 2. The fraction of sp³-hybridized carbons (Fsp3) is 0.304. The lowest BCUT2D eigenvalue weighted by molar-refractivity contribution is 0.0595. The average molecular weight is 447 g/mol. The van der Waals surface area contributed by atoms with Crippen LogP contribution in [0.4, 0.5) is 0 Å². The highest BCUT2D eigenvalue weighted by molar-refractivity contribution is 5.95. The van der Waals surface area contributed by atoms with Gasteiger partial charge in [-0.25, -0.2) is 9.78 Å². The Bertz CT molecular complexity index is 1320. The van der Waals surface area contributed by atoms with Crippen molar-refractivity contribution >= 4 is 22.8 Å². The predicted molar refractivity (Wildman–Crippen MR) is 121 cm³/mol. The van der Waals surface area contributed by atoms with Gasteiger partial charge in [-0.1, -0.05) is 26.0 Å². The van der Waals surface area contributed by atoms with E-state index in [1.54, 1.807) is 16.9 Å². The summed E-state index contributed by atoms with van der Waals surface area (Å²) in [5, 5.41) is 16.4. The fourth-order valence-corrected chi connectivity index (χ4v) is 3.45. The lowest BCUT2D eigenvalue weighted by atomic mass is 10.1. The standard InChI is InChI=1S/C23H25N7O3/c1-13(2)12-30-28-21(27-29-30)17-7-14(3)25-19(10-17)22(31)24-11-15-5-6-16-9-20(23(32)33-4)26-18(16)8-15/h5-10,13,26H,11-12H2,1-4H3,(H,24,31). The second kappa shape index (κ2) is 9.19. The third-order valence-electron chi connectivity index (χ3n) is 4.97. The number of fused-ring (bicyclic) bond motifs is 1. The van der Waals surface area contributed by atoms with E-state index in [9.17, 15) is 9.59 Å². The zero-order chi connectivity index (χ0) is 23.5. The van der Waals surface area contributed by atoms with E-state index in [4.69, 9.17) is 4.74 Å². The van der Waals surface area contributed by atoms with Gasteiger partial charge in [0, 0.05) is 28.7 Å². The first-order valence-electron chi connectivity index (χ1n) is 10.6. The Hall–Kier alpha value is -4.08. The molecule has 0 atom stereocenters. The molecule has 0 spiro atoms. The predicted octanol–water partition coefficient (Wildman–Crippen LogP) is 2.90. The molecule has 0 saturated heterocycles. The molecule has 0 bridgehead atoms. The molecule has 0 aliphatic rings. The number of aromatic nitrogens is 6. The molecule has 0 radical (unpaired) electrons. The van der Waals surface area contributed by atoms with Crippen molar-refractivity contribution in [3.05, 3.63) is 59.0 Å². The van der Waals surface area contributed by atoms with Gasteiger partial charge in [0.05, 0.1) is 13.7 Å². The van der Waals surface area contributed by atoms with Crippen molar-refractivity contribution in [2.24, 2.45) is 5.92 Å². The minimum absolute atomic E-state index is 0.277. The molecule has 0 fully saturated rings. The number of hydrogen-bond acceptors (Lipinski definition) is 7. The number of H-pyrrole nitrogens is 1. The Kier molecular flexibility index (Phi) is 6.16. The van der Waals surface area contributed by atoms with Crippen LogP contribution in [0.2, 0.25) is 0 Å². The fourth-order valence-electron chi connectivity index (χ4n) is 3.45. The summed E-state index contributed by atoms with van der Waals surface area (Å²) < 4.78 is 4.75. The number of aryl methyl sites for hydroxylation is 1. The molecule has 0 aliphatic carbocycles. The molecule has 170 valence electrons. The first-order valence-corrected chi connectivity index (χ1v) is 10.6. The van der Waals surface area contributed by atoms with Crippen LogP contribution in [-0.2, 0) is 17.8 Å². The maximum atomic E-state index is 12.8. The number of nitrogens with zero attached hydrogens (tertiary/aromatic N) is 5. The topological polar surface area (TPSA) is 128 Å². The molecule has 3 heterocycles. The smallest absolute Gasteiger partial charge is 0.354 e. The van der Waals surface area contributed by atoms with Gasteiger partial charge in [-0.3, -0.25) is 4.79 Å². The molecule has 4 rings (SSSR count). The second-order valence-electron chi connectivity index (χ2n) is 8.22. The van der Waals surface area contributed by atoms with Crippen molar-refractivity contribution in [1.82, 2.24) is 35.5 Å². The van der Waals surface area contributed by atoms with Crippen molar-refractivity contribution < 1.29 is 14.3 Å². The number of benzene rings is 1. The van der Waals surface area contributed by atoms with Crippen LogP contribution in [0.1, 0.15) is 46.1 Å². The minimum atomic E-state index is -0.430. The van der Waals surface area contributed by atoms with Gasteiger partial charge in [-0.2, -0.15) is 4.80 Å². The maximum Gasteiger partial charge on any atom is 0.354 e. The Morgan fingerprint density at radius 1 is 1.18 bits per heavy atom. The van der Waals surface area contributed by atoms with Gasteiger partial charge >= 0.3 is 5.97 Å². The highest BCUT2D eigenvalue weighted by Gasteiger charge is 2.14. The zero-order valence-electron chi connectivity index (χ0n) is 18.9. The van der Waals surface area contributed by atoms with E-state index in [0.29, 0.717) is 41.8 Å². The Balaban J connectivity index is 1.48. The number of hydrogen-bond donors (Lipinski definition) is 2. The van der Waals surface area contributed by atoms with Gasteiger partial charge in [0.15, 0.2) is 0 Å². The van der Waals surface area contributed by atoms with E-state index in [2.05, 4.69) is 44.5 Å². The third kappa shape index (κ3) is 5.05. The monoisotopic (exact) mass is 447 g/mol. The number of methoxy groups -OCH3 is 1. The summed E-state index contributed by atoms with van der Waals surface area (Å²) in [5.74, 6) is 0.107. The van der Waals surface area contributed by atoms with Crippen LogP contribution in [-0.4, -0.2) is 49.2 Å². The summed E-state index contributed by atoms with van der Waals surface area (Å²) in [7, 11) is 1.34. The molecule has 0 saturated carbocycles. The number of esters is 1. The summed E-state index contributed by atoms with van der Waals surface area (Å²) in [4.78, 5) is 33.5. The summed E-state index contributed by atoms with van der Waals surface area (Å²) in [6.07, 6.45) is 0. The average Bonchev–Trinajstić information content (AvgIpc) is 3.42. The first-order chi connectivity index (χ1) is 15.8. The molecular formula is C23H25N7O3. The van der Waals surface area contributed by atoms with Crippen LogP contribution >= 0.6 is 0 Å². The SMILES string of the molecule is COC(=O)c1cc2ccc(CNC(=O)c3cc(-c4nnn(CC(C)C)n4)cc(C)n3)cc2[nH]1. The first kappa shape index (κ1) is 22.1. The van der Waals surface area contributed by atoms with E-state index in [1.807, 2.05) is 31.2 Å². The molecule has 10 nitrogen and oxygen atoms in total. The van der Waals surface area contributed by atoms with E-state index in [0.717, 1.165) is 16.5 Å². The van der Waals surface area contributed by atoms with E-state index >= 15 is 0 Å². The zero-order valence-corrected chi connectivity index (χ0v) is 18.9. The Morgan fingerprint density at radius 3 is 2.76 bits per heavy atom. The largest absolute Gasteiger partial charge is 0.464 e. The number of ether oxygens (including phenoxy) is 1. The van der Waals surface area contributed by atoms with Gasteiger partial charge in [-0.05, 0) is 47.9 Å². The van der Waals surface area contributed by atoms with E-state index < -0.39 is 5.97 Å². The number of amides is 1. The van der Waals surface area contributed by atoms with Gasteiger partial charge in [0.25, 0.3) is 5.91 Å². The summed E-state index contributed by atoms with van der Waals surface area (Å²) >= 11 is 0. The summed E-state index contributed by atoms with van der Waals surface area (Å²) in [6.45, 7) is 6.93. The van der Waals surface area contributed by atoms with Crippen molar-refractivity contribution in [3.63, 3.8) is 0 Å². The van der Waals surface area contributed by atoms with Gasteiger partial charge in [0.1, 0.15) is 11.4 Å². The molecule has 3 aromatic heterocycles. The van der Waals surface area contributed by atoms with Gasteiger partial charge in [-0.15, -0.1) is 10.2 Å². The van der Waals surface area contributed by atoms with Crippen LogP contribution < -0.4 is 5.32 Å². The van der Waals surface area contributed by atoms with Crippen LogP contribution in [0.3, 0.4) is 0 Å². The van der Waals surface area contributed by atoms with Crippen LogP contribution in [0.25, 0.3) is 22.3 Å². The van der Waals surface area contributed by atoms with Crippen molar-refractivity contribution in [1.29, 1.82) is 0 Å². The minimum Gasteiger partial charge on any atom is -0.464 e. The van der Waals surface area contributed by atoms with Crippen LogP contribution in [0, 0.1) is 12.8 Å². The molecule has 1 amide bonds. The van der Waals surface area contributed by atoms with E-state index in [1.165, 1.54) is 7.11 Å². The Labute approximate surface area is 190 Å². The maximum absolute atomic E-state index is 12.8.